The summed E-state index contributed by atoms with van der Waals surface area (Å²) in [7, 11) is 0. The van der Waals surface area contributed by atoms with Gasteiger partial charge in [0.2, 0.25) is 0 Å². The summed E-state index contributed by atoms with van der Waals surface area (Å²) in [6.07, 6.45) is 5.98. The zero-order valence-electron chi connectivity index (χ0n) is 11.8. The standard InChI is InChI=1S/C15H24O4/c1-12(2)19-15(17)10-6-4-3-5-8-13(16)14-9-7-11-18-14/h7,9,11-13,16H,3-6,8,10H2,1-2H3. The molecule has 0 aliphatic carbocycles. The smallest absolute Gasteiger partial charge is 0.306 e. The number of rotatable bonds is 9. The highest BCUT2D eigenvalue weighted by atomic mass is 16.5. The zero-order valence-corrected chi connectivity index (χ0v) is 11.8. The van der Waals surface area contributed by atoms with Crippen molar-refractivity contribution in [3.63, 3.8) is 0 Å². The van der Waals surface area contributed by atoms with Crippen molar-refractivity contribution in [3.05, 3.63) is 24.2 Å². The first kappa shape index (κ1) is 15.8. The first-order valence-corrected chi connectivity index (χ1v) is 7.00. The van der Waals surface area contributed by atoms with Gasteiger partial charge in [-0.2, -0.15) is 0 Å². The Hall–Kier alpha value is -1.29. The van der Waals surface area contributed by atoms with Crippen molar-refractivity contribution >= 4 is 5.97 Å². The topological polar surface area (TPSA) is 59.7 Å². The lowest BCUT2D eigenvalue weighted by Gasteiger charge is -2.08. The number of furan rings is 1. The van der Waals surface area contributed by atoms with Crippen molar-refractivity contribution in [1.29, 1.82) is 0 Å². The summed E-state index contributed by atoms with van der Waals surface area (Å²) in [5.74, 6) is 0.506. The molecule has 0 fully saturated rings. The van der Waals surface area contributed by atoms with Crippen LogP contribution < -0.4 is 0 Å². The lowest BCUT2D eigenvalue weighted by Crippen LogP contribution is -2.10. The number of hydrogen-bond donors (Lipinski definition) is 1. The Balaban J connectivity index is 1.98. The Morgan fingerprint density at radius 2 is 2.05 bits per heavy atom. The van der Waals surface area contributed by atoms with Crippen LogP contribution in [0.3, 0.4) is 0 Å². The normalized spacial score (nSPS) is 12.6. The molecule has 0 aromatic carbocycles. The van der Waals surface area contributed by atoms with Crippen LogP contribution in [0.1, 0.15) is 64.2 Å². The van der Waals surface area contributed by atoms with E-state index in [2.05, 4.69) is 0 Å². The molecular formula is C15H24O4. The van der Waals surface area contributed by atoms with Crippen LogP contribution in [-0.2, 0) is 9.53 Å². The highest BCUT2D eigenvalue weighted by Gasteiger charge is 2.09. The number of aliphatic hydroxyl groups excluding tert-OH is 1. The predicted molar refractivity (Wildman–Crippen MR) is 72.6 cm³/mol. The van der Waals surface area contributed by atoms with Crippen LogP contribution >= 0.6 is 0 Å². The van der Waals surface area contributed by atoms with Crippen molar-refractivity contribution in [2.24, 2.45) is 0 Å². The number of ether oxygens (including phenoxy) is 1. The third-order valence-electron chi connectivity index (χ3n) is 2.85. The summed E-state index contributed by atoms with van der Waals surface area (Å²) < 4.78 is 10.2. The second kappa shape index (κ2) is 8.75. The van der Waals surface area contributed by atoms with Crippen molar-refractivity contribution in [2.45, 2.75) is 64.6 Å². The van der Waals surface area contributed by atoms with Gasteiger partial charge in [0, 0.05) is 6.42 Å². The molecule has 19 heavy (non-hydrogen) atoms. The molecule has 1 rings (SSSR count). The summed E-state index contributed by atoms with van der Waals surface area (Å²) in [5.41, 5.74) is 0. The molecule has 108 valence electrons. The number of esters is 1. The van der Waals surface area contributed by atoms with Gasteiger partial charge in [0.05, 0.1) is 12.4 Å². The second-order valence-corrected chi connectivity index (χ2v) is 5.02. The van der Waals surface area contributed by atoms with Gasteiger partial charge in [-0.25, -0.2) is 0 Å². The first-order chi connectivity index (χ1) is 9.09. The molecule has 0 saturated heterocycles. The molecule has 0 aliphatic heterocycles. The van der Waals surface area contributed by atoms with Crippen LogP contribution in [0.4, 0.5) is 0 Å². The van der Waals surface area contributed by atoms with E-state index in [4.69, 9.17) is 9.15 Å². The highest BCUT2D eigenvalue weighted by molar-refractivity contribution is 5.69. The summed E-state index contributed by atoms with van der Waals surface area (Å²) in [4.78, 5) is 11.3. The molecule has 1 unspecified atom stereocenters. The van der Waals surface area contributed by atoms with Gasteiger partial charge in [0.25, 0.3) is 0 Å². The minimum absolute atomic E-state index is 0.0315. The maximum atomic E-state index is 11.3. The maximum absolute atomic E-state index is 11.3. The lowest BCUT2D eigenvalue weighted by atomic mass is 10.1. The Morgan fingerprint density at radius 1 is 1.32 bits per heavy atom. The number of unbranched alkanes of at least 4 members (excludes halogenated alkanes) is 3. The van der Waals surface area contributed by atoms with Crippen LogP contribution in [0.25, 0.3) is 0 Å². The average molecular weight is 268 g/mol. The van der Waals surface area contributed by atoms with E-state index in [9.17, 15) is 9.90 Å². The van der Waals surface area contributed by atoms with Gasteiger partial charge in [0.15, 0.2) is 0 Å². The van der Waals surface area contributed by atoms with E-state index < -0.39 is 6.10 Å². The lowest BCUT2D eigenvalue weighted by molar-refractivity contribution is -0.147. The highest BCUT2D eigenvalue weighted by Crippen LogP contribution is 2.20. The molecule has 1 heterocycles. The fraction of sp³-hybridized carbons (Fsp3) is 0.667. The Kier molecular flexibility index (Phi) is 7.26. The van der Waals surface area contributed by atoms with Gasteiger partial charge in [-0.3, -0.25) is 4.79 Å². The van der Waals surface area contributed by atoms with E-state index in [0.29, 0.717) is 18.6 Å². The maximum Gasteiger partial charge on any atom is 0.306 e. The molecule has 1 N–H and O–H groups in total. The van der Waals surface area contributed by atoms with Crippen LogP contribution in [-0.4, -0.2) is 17.2 Å². The van der Waals surface area contributed by atoms with Gasteiger partial charge in [-0.15, -0.1) is 0 Å². The molecule has 0 saturated carbocycles. The van der Waals surface area contributed by atoms with Crippen LogP contribution in [0.5, 0.6) is 0 Å². The zero-order chi connectivity index (χ0) is 14.1. The second-order valence-electron chi connectivity index (χ2n) is 5.02. The van der Waals surface area contributed by atoms with E-state index in [-0.39, 0.29) is 12.1 Å². The Bertz CT molecular complexity index is 343. The molecule has 0 aliphatic rings. The number of carbonyl (C=O) groups excluding carboxylic acids is 1. The van der Waals surface area contributed by atoms with Crippen molar-refractivity contribution < 1.29 is 19.1 Å². The average Bonchev–Trinajstić information content (AvgIpc) is 2.86. The quantitative estimate of drug-likeness (QED) is 0.549. The van der Waals surface area contributed by atoms with Gasteiger partial charge < -0.3 is 14.3 Å². The number of carbonyl (C=O) groups is 1. The molecule has 0 spiro atoms. The SMILES string of the molecule is CC(C)OC(=O)CCCCCCC(O)c1ccco1. The Labute approximate surface area is 114 Å². The summed E-state index contributed by atoms with van der Waals surface area (Å²) in [5, 5.41) is 9.79. The first-order valence-electron chi connectivity index (χ1n) is 7.00. The largest absolute Gasteiger partial charge is 0.467 e. The molecule has 4 heteroatoms. The molecule has 1 aromatic rings. The minimum Gasteiger partial charge on any atom is -0.467 e. The molecule has 0 amide bonds. The monoisotopic (exact) mass is 268 g/mol. The molecule has 4 nitrogen and oxygen atoms in total. The van der Waals surface area contributed by atoms with Crippen LogP contribution in [0, 0.1) is 0 Å². The van der Waals surface area contributed by atoms with E-state index >= 15 is 0 Å². The van der Waals surface area contributed by atoms with Gasteiger partial charge in [0.1, 0.15) is 11.9 Å². The van der Waals surface area contributed by atoms with Gasteiger partial charge in [-0.05, 0) is 38.8 Å². The summed E-state index contributed by atoms with van der Waals surface area (Å²) in [6, 6.07) is 3.56. The van der Waals surface area contributed by atoms with Crippen molar-refractivity contribution in [3.8, 4) is 0 Å². The van der Waals surface area contributed by atoms with Crippen molar-refractivity contribution in [1.82, 2.24) is 0 Å². The van der Waals surface area contributed by atoms with E-state index in [1.807, 2.05) is 13.8 Å². The van der Waals surface area contributed by atoms with Crippen LogP contribution in [0.2, 0.25) is 0 Å². The molecular weight excluding hydrogens is 244 g/mol. The number of aliphatic hydroxyl groups is 1. The fourth-order valence-corrected chi connectivity index (χ4v) is 1.91. The third-order valence-corrected chi connectivity index (χ3v) is 2.85. The van der Waals surface area contributed by atoms with Crippen LogP contribution in [0.15, 0.2) is 22.8 Å². The van der Waals surface area contributed by atoms with Gasteiger partial charge in [-0.1, -0.05) is 19.3 Å². The molecule has 0 radical (unpaired) electrons. The predicted octanol–water partition coefficient (Wildman–Crippen LogP) is 3.61. The summed E-state index contributed by atoms with van der Waals surface area (Å²) in [6.45, 7) is 3.71. The van der Waals surface area contributed by atoms with E-state index in [1.165, 1.54) is 0 Å². The van der Waals surface area contributed by atoms with E-state index in [0.717, 1.165) is 25.7 Å². The molecule has 0 bridgehead atoms. The minimum atomic E-state index is -0.513. The van der Waals surface area contributed by atoms with Crippen molar-refractivity contribution in [2.75, 3.05) is 0 Å². The fourth-order valence-electron chi connectivity index (χ4n) is 1.91. The molecule has 1 aromatic heterocycles. The third kappa shape index (κ3) is 7.01. The Morgan fingerprint density at radius 3 is 2.68 bits per heavy atom. The summed E-state index contributed by atoms with van der Waals surface area (Å²) >= 11 is 0. The molecule has 1 atom stereocenters. The van der Waals surface area contributed by atoms with Gasteiger partial charge >= 0.3 is 5.97 Å². The number of hydrogen-bond acceptors (Lipinski definition) is 4. The van der Waals surface area contributed by atoms with E-state index in [1.54, 1.807) is 18.4 Å².